The van der Waals surface area contributed by atoms with E-state index in [1.807, 2.05) is 26.8 Å². The molecule has 0 bridgehead atoms. The van der Waals surface area contributed by atoms with Crippen molar-refractivity contribution in [1.82, 2.24) is 14.7 Å². The molecule has 0 N–H and O–H groups in total. The number of hydrogen-bond acceptors (Lipinski definition) is 7. The van der Waals surface area contributed by atoms with E-state index in [0.717, 1.165) is 29.3 Å². The third-order valence-electron chi connectivity index (χ3n) is 7.32. The Morgan fingerprint density at radius 3 is 2.55 bits per heavy atom. The van der Waals surface area contributed by atoms with Crippen molar-refractivity contribution in [3.63, 3.8) is 0 Å². The number of ether oxygens (including phenoxy) is 3. The van der Waals surface area contributed by atoms with Gasteiger partial charge < -0.3 is 24.0 Å². The zero-order valence-corrected chi connectivity index (χ0v) is 25.7. The second-order valence-corrected chi connectivity index (χ2v) is 18.7. The summed E-state index contributed by atoms with van der Waals surface area (Å²) in [6, 6.07) is 5.57. The van der Waals surface area contributed by atoms with Crippen LogP contribution in [0, 0.1) is 0 Å². The average Bonchev–Trinajstić information content (AvgIpc) is 3.17. The largest absolute Gasteiger partial charge is 0.489 e. The molecule has 0 aliphatic carbocycles. The van der Waals surface area contributed by atoms with Crippen LogP contribution in [0.25, 0.3) is 0 Å². The Morgan fingerprint density at radius 2 is 1.85 bits per heavy atom. The molecule has 0 saturated carbocycles. The van der Waals surface area contributed by atoms with E-state index in [9.17, 15) is 19.2 Å². The minimum absolute atomic E-state index is 0.0761. The lowest BCUT2D eigenvalue weighted by molar-refractivity contribution is -0.158. The molecule has 0 radical (unpaired) electrons. The van der Waals surface area contributed by atoms with E-state index < -0.39 is 19.7 Å². The number of benzene rings is 1. The van der Waals surface area contributed by atoms with Gasteiger partial charge in [-0.05, 0) is 69.8 Å². The smallest absolute Gasteiger partial charge is 0.410 e. The molecule has 4 rings (SSSR count). The monoisotopic (exact) mass is 573 g/mol. The molecule has 220 valence electrons. The first-order valence-corrected chi connectivity index (χ1v) is 17.9. The molecule has 40 heavy (non-hydrogen) atoms. The van der Waals surface area contributed by atoms with Crippen LogP contribution in [0.3, 0.4) is 0 Å². The van der Waals surface area contributed by atoms with Crippen LogP contribution in [-0.4, -0.2) is 90.8 Å². The van der Waals surface area contributed by atoms with Crippen molar-refractivity contribution in [1.29, 1.82) is 0 Å². The van der Waals surface area contributed by atoms with Crippen molar-refractivity contribution in [3.05, 3.63) is 29.3 Å². The normalized spacial score (nSPS) is 22.1. The third-order valence-corrected chi connectivity index (χ3v) is 9.02. The summed E-state index contributed by atoms with van der Waals surface area (Å²) in [5.74, 6) is -0.247. The number of piperidine rings is 2. The summed E-state index contributed by atoms with van der Waals surface area (Å²) in [4.78, 5) is 56.0. The molecule has 1 aromatic carbocycles. The molecule has 3 aliphatic rings. The summed E-state index contributed by atoms with van der Waals surface area (Å²) in [5.41, 5.74) is 0.757. The zero-order chi connectivity index (χ0) is 29.2. The van der Waals surface area contributed by atoms with E-state index in [-0.39, 0.29) is 49.6 Å². The number of hydrogen-bond donors (Lipinski definition) is 0. The molecule has 2 fully saturated rings. The molecular formula is C29H43N3O7Si. The van der Waals surface area contributed by atoms with Crippen LogP contribution in [0.1, 0.15) is 62.4 Å². The Bertz CT molecular complexity index is 1140. The number of imide groups is 1. The van der Waals surface area contributed by atoms with E-state index in [0.29, 0.717) is 37.4 Å². The highest BCUT2D eigenvalue weighted by atomic mass is 28.3. The molecule has 4 amide bonds. The molecule has 3 aliphatic heterocycles. The predicted molar refractivity (Wildman–Crippen MR) is 152 cm³/mol. The van der Waals surface area contributed by atoms with Crippen LogP contribution in [0.2, 0.25) is 25.7 Å². The van der Waals surface area contributed by atoms with Gasteiger partial charge in [-0.15, -0.1) is 0 Å². The van der Waals surface area contributed by atoms with Crippen molar-refractivity contribution in [3.8, 4) is 5.75 Å². The maximum Gasteiger partial charge on any atom is 0.410 e. The number of likely N-dealkylation sites (tertiary alicyclic amines) is 2. The molecule has 1 aromatic rings. The summed E-state index contributed by atoms with van der Waals surface area (Å²) in [6.45, 7) is 14.0. The van der Waals surface area contributed by atoms with Gasteiger partial charge in [0.2, 0.25) is 5.91 Å². The van der Waals surface area contributed by atoms with Crippen LogP contribution in [0.4, 0.5) is 4.79 Å². The topological polar surface area (TPSA) is 106 Å². The highest BCUT2D eigenvalue weighted by Gasteiger charge is 2.43. The van der Waals surface area contributed by atoms with Crippen LogP contribution >= 0.6 is 0 Å². The molecule has 0 spiro atoms. The first kappa shape index (κ1) is 30.0. The van der Waals surface area contributed by atoms with Gasteiger partial charge in [-0.1, -0.05) is 19.6 Å². The summed E-state index contributed by atoms with van der Waals surface area (Å²) >= 11 is 0. The van der Waals surface area contributed by atoms with Crippen molar-refractivity contribution in [2.45, 2.75) is 96.4 Å². The average molecular weight is 574 g/mol. The van der Waals surface area contributed by atoms with Gasteiger partial charge in [0.05, 0.1) is 6.54 Å². The Kier molecular flexibility index (Phi) is 8.94. The lowest BCUT2D eigenvalue weighted by Crippen LogP contribution is -2.55. The third kappa shape index (κ3) is 7.42. The van der Waals surface area contributed by atoms with Gasteiger partial charge in [0.25, 0.3) is 11.8 Å². The van der Waals surface area contributed by atoms with E-state index in [2.05, 4.69) is 19.6 Å². The Hall–Kier alpha value is -2.92. The molecule has 2 atom stereocenters. The highest BCUT2D eigenvalue weighted by molar-refractivity contribution is 6.76. The standard InChI is InChI=1S/C29H43N3O7Si/c1-29(2,3)39-28(36)30-13-7-8-22(18-30)38-21-9-10-23-20(16-21)17-31(26(23)34)24-11-12-25(33)32(27(24)35)19-37-14-15-40(4,5)6/h9-10,16,22,24H,7-8,11-15,17-19H2,1-6H3/t22-,24?/m0/s1. The van der Waals surface area contributed by atoms with E-state index in [1.165, 1.54) is 0 Å². The summed E-state index contributed by atoms with van der Waals surface area (Å²) in [6.07, 6.45) is 1.58. The Morgan fingerprint density at radius 1 is 1.10 bits per heavy atom. The molecule has 10 nitrogen and oxygen atoms in total. The van der Waals surface area contributed by atoms with Gasteiger partial charge in [-0.2, -0.15) is 0 Å². The number of amides is 4. The predicted octanol–water partition coefficient (Wildman–Crippen LogP) is 4.25. The van der Waals surface area contributed by atoms with E-state index >= 15 is 0 Å². The summed E-state index contributed by atoms with van der Waals surface area (Å²) in [5, 5.41) is 0. The fourth-order valence-electron chi connectivity index (χ4n) is 5.14. The van der Waals surface area contributed by atoms with Crippen LogP contribution in [0.5, 0.6) is 5.75 Å². The van der Waals surface area contributed by atoms with E-state index in [1.54, 1.807) is 21.9 Å². The summed E-state index contributed by atoms with van der Waals surface area (Å²) < 4.78 is 17.4. The minimum atomic E-state index is -1.29. The van der Waals surface area contributed by atoms with Crippen LogP contribution in [0.15, 0.2) is 18.2 Å². The SMILES string of the molecule is CC(C)(C)OC(=O)N1CCC[C@H](Oc2ccc3c(c2)CN(C2CCC(=O)N(COCC[Si](C)(C)C)C2=O)C3=O)C1. The lowest BCUT2D eigenvalue weighted by Gasteiger charge is -2.35. The number of nitrogens with zero attached hydrogens (tertiary/aromatic N) is 3. The molecule has 11 heteroatoms. The minimum Gasteiger partial charge on any atom is -0.489 e. The Balaban J connectivity index is 1.37. The number of carbonyl (C=O) groups is 4. The van der Waals surface area contributed by atoms with Gasteiger partial charge in [-0.25, -0.2) is 4.79 Å². The number of carbonyl (C=O) groups excluding carboxylic acids is 4. The summed E-state index contributed by atoms with van der Waals surface area (Å²) in [7, 11) is -1.29. The van der Waals surface area contributed by atoms with Crippen molar-refractivity contribution >= 4 is 31.9 Å². The van der Waals surface area contributed by atoms with E-state index in [4.69, 9.17) is 14.2 Å². The second kappa shape index (κ2) is 11.9. The van der Waals surface area contributed by atoms with Gasteiger partial charge in [0.1, 0.15) is 30.2 Å². The molecule has 0 aromatic heterocycles. The Labute approximate surface area is 237 Å². The van der Waals surface area contributed by atoms with Gasteiger partial charge in [0.15, 0.2) is 0 Å². The van der Waals surface area contributed by atoms with Gasteiger partial charge in [0, 0.05) is 39.8 Å². The van der Waals surface area contributed by atoms with Crippen molar-refractivity contribution in [2.75, 3.05) is 26.4 Å². The number of fused-ring (bicyclic) bond motifs is 1. The quantitative estimate of drug-likeness (QED) is 0.260. The zero-order valence-electron chi connectivity index (χ0n) is 24.7. The fourth-order valence-corrected chi connectivity index (χ4v) is 5.90. The highest BCUT2D eigenvalue weighted by Crippen LogP contribution is 2.32. The number of rotatable bonds is 8. The fraction of sp³-hybridized carbons (Fsp3) is 0.655. The molecular weight excluding hydrogens is 530 g/mol. The molecule has 3 heterocycles. The maximum absolute atomic E-state index is 13.3. The van der Waals surface area contributed by atoms with Crippen molar-refractivity contribution in [2.24, 2.45) is 0 Å². The second-order valence-electron chi connectivity index (χ2n) is 13.1. The molecule has 2 saturated heterocycles. The lowest BCUT2D eigenvalue weighted by atomic mass is 10.0. The van der Waals surface area contributed by atoms with Gasteiger partial charge in [-0.3, -0.25) is 19.3 Å². The van der Waals surface area contributed by atoms with Crippen LogP contribution in [-0.2, 0) is 25.6 Å². The first-order chi connectivity index (χ1) is 18.7. The van der Waals surface area contributed by atoms with Gasteiger partial charge >= 0.3 is 6.09 Å². The maximum atomic E-state index is 13.3. The first-order valence-electron chi connectivity index (χ1n) is 14.2. The molecule has 1 unspecified atom stereocenters. The van der Waals surface area contributed by atoms with Crippen LogP contribution < -0.4 is 4.74 Å². The van der Waals surface area contributed by atoms with Crippen molar-refractivity contribution < 1.29 is 33.4 Å².